The molecule has 2 aromatic heterocycles. The molecule has 0 saturated carbocycles. The van der Waals surface area contributed by atoms with Gasteiger partial charge in [0.25, 0.3) is 0 Å². The predicted molar refractivity (Wildman–Crippen MR) is 102 cm³/mol. The molecule has 0 unspecified atom stereocenters. The van der Waals surface area contributed by atoms with Crippen molar-refractivity contribution in [1.29, 1.82) is 0 Å². The maximum atomic E-state index is 12.2. The smallest absolute Gasteiger partial charge is 0.248 e. The topological polar surface area (TPSA) is 85.6 Å². The molecule has 0 spiro atoms. The number of para-hydroxylation sites is 1. The number of carbonyl (C=O) groups is 1. The Bertz CT molecular complexity index is 1080. The number of thiazole rings is 1. The van der Waals surface area contributed by atoms with Gasteiger partial charge in [-0.15, -0.1) is 16.4 Å². The molecule has 26 heavy (non-hydrogen) atoms. The van der Waals surface area contributed by atoms with E-state index >= 15 is 0 Å². The molecule has 0 aliphatic carbocycles. The van der Waals surface area contributed by atoms with Gasteiger partial charge in [-0.25, -0.2) is 9.67 Å². The van der Waals surface area contributed by atoms with Crippen molar-refractivity contribution in [3.63, 3.8) is 0 Å². The van der Waals surface area contributed by atoms with Crippen LogP contribution in [0.15, 0.2) is 54.6 Å². The first kappa shape index (κ1) is 16.1. The van der Waals surface area contributed by atoms with Crippen LogP contribution in [-0.2, 0) is 11.8 Å². The molecule has 2 heterocycles. The number of amides is 1. The Hall–Kier alpha value is -3.39. The van der Waals surface area contributed by atoms with Crippen molar-refractivity contribution in [3.8, 4) is 11.4 Å². The number of benzene rings is 2. The van der Waals surface area contributed by atoms with E-state index in [0.29, 0.717) is 11.5 Å². The molecule has 7 nitrogen and oxygen atoms in total. The lowest BCUT2D eigenvalue weighted by Gasteiger charge is -2.04. The first-order chi connectivity index (χ1) is 12.7. The Morgan fingerprint density at radius 1 is 1.19 bits per heavy atom. The number of anilines is 1. The molecule has 0 saturated heterocycles. The number of nitrogens with zero attached hydrogens (tertiary/aromatic N) is 5. The van der Waals surface area contributed by atoms with Gasteiger partial charge in [0.1, 0.15) is 5.01 Å². The minimum Gasteiger partial charge on any atom is -0.322 e. The number of aryl methyl sites for hydroxylation is 1. The zero-order valence-corrected chi connectivity index (χ0v) is 14.6. The van der Waals surface area contributed by atoms with Crippen LogP contribution in [0.1, 0.15) is 5.01 Å². The summed E-state index contributed by atoms with van der Waals surface area (Å²) in [6.07, 6.45) is 3.20. The van der Waals surface area contributed by atoms with E-state index in [9.17, 15) is 4.79 Å². The van der Waals surface area contributed by atoms with Crippen LogP contribution in [-0.4, -0.2) is 31.1 Å². The first-order valence-electron chi connectivity index (χ1n) is 7.86. The van der Waals surface area contributed by atoms with Gasteiger partial charge in [0.2, 0.25) is 5.91 Å². The number of nitrogens with one attached hydrogen (secondary N) is 1. The molecule has 0 atom stereocenters. The van der Waals surface area contributed by atoms with Crippen LogP contribution in [0.3, 0.4) is 0 Å². The molecule has 4 rings (SSSR count). The average molecular weight is 362 g/mol. The van der Waals surface area contributed by atoms with Gasteiger partial charge in [-0.05, 0) is 40.8 Å². The van der Waals surface area contributed by atoms with Crippen LogP contribution in [0.5, 0.6) is 0 Å². The number of rotatable bonds is 4. The molecule has 1 N–H and O–H groups in total. The number of tetrazole rings is 1. The van der Waals surface area contributed by atoms with Gasteiger partial charge in [-0.2, -0.15) is 0 Å². The second-order valence-corrected chi connectivity index (χ2v) is 6.61. The Morgan fingerprint density at radius 2 is 2.08 bits per heavy atom. The quantitative estimate of drug-likeness (QED) is 0.564. The van der Waals surface area contributed by atoms with Crippen LogP contribution < -0.4 is 5.32 Å². The minimum absolute atomic E-state index is 0.225. The zero-order valence-electron chi connectivity index (χ0n) is 13.8. The third-order valence-electron chi connectivity index (χ3n) is 3.70. The number of carbonyl (C=O) groups excluding carboxylic acids is 1. The average Bonchev–Trinajstić information content (AvgIpc) is 3.25. The van der Waals surface area contributed by atoms with Crippen LogP contribution in [0.2, 0.25) is 0 Å². The molecule has 0 radical (unpaired) electrons. The Kier molecular flexibility index (Phi) is 4.24. The van der Waals surface area contributed by atoms with Gasteiger partial charge in [0.15, 0.2) is 5.82 Å². The van der Waals surface area contributed by atoms with Crippen LogP contribution in [0, 0.1) is 0 Å². The van der Waals surface area contributed by atoms with Gasteiger partial charge in [-0.3, -0.25) is 4.79 Å². The lowest BCUT2D eigenvalue weighted by atomic mass is 10.2. The number of aromatic nitrogens is 5. The van der Waals surface area contributed by atoms with Gasteiger partial charge in [0, 0.05) is 24.4 Å². The Morgan fingerprint density at radius 3 is 2.88 bits per heavy atom. The molecular weight excluding hydrogens is 348 g/mol. The molecule has 0 aliphatic heterocycles. The maximum Gasteiger partial charge on any atom is 0.248 e. The van der Waals surface area contributed by atoms with Gasteiger partial charge >= 0.3 is 0 Å². The fourth-order valence-electron chi connectivity index (χ4n) is 2.50. The second-order valence-electron chi connectivity index (χ2n) is 5.55. The summed E-state index contributed by atoms with van der Waals surface area (Å²) in [4.78, 5) is 16.7. The molecule has 128 valence electrons. The molecule has 0 aliphatic rings. The fraction of sp³-hybridized carbons (Fsp3) is 0.0556. The van der Waals surface area contributed by atoms with E-state index in [1.54, 1.807) is 29.1 Å². The lowest BCUT2D eigenvalue weighted by Crippen LogP contribution is -2.07. The van der Waals surface area contributed by atoms with Crippen LogP contribution >= 0.6 is 11.3 Å². The molecule has 8 heteroatoms. The van der Waals surface area contributed by atoms with E-state index in [1.165, 1.54) is 6.08 Å². The molecule has 4 aromatic rings. The summed E-state index contributed by atoms with van der Waals surface area (Å²) < 4.78 is 2.67. The highest BCUT2D eigenvalue weighted by atomic mass is 32.1. The Labute approximate surface area is 153 Å². The third-order valence-corrected chi connectivity index (χ3v) is 4.70. The van der Waals surface area contributed by atoms with Crippen molar-refractivity contribution in [3.05, 3.63) is 59.6 Å². The van der Waals surface area contributed by atoms with E-state index in [1.807, 2.05) is 48.5 Å². The molecule has 0 fully saturated rings. The zero-order chi connectivity index (χ0) is 17.9. The summed E-state index contributed by atoms with van der Waals surface area (Å²) in [5.74, 6) is 0.406. The summed E-state index contributed by atoms with van der Waals surface area (Å²) in [6, 6.07) is 15.3. The SMILES string of the molecule is Cn1nnnc1-c1cccc(NC(=O)/C=C/c2nc3ccccc3s2)c1. The van der Waals surface area contributed by atoms with Gasteiger partial charge in [-0.1, -0.05) is 24.3 Å². The van der Waals surface area contributed by atoms with Crippen molar-refractivity contribution in [2.24, 2.45) is 7.05 Å². The highest BCUT2D eigenvalue weighted by Crippen LogP contribution is 2.23. The van der Waals surface area contributed by atoms with Crippen molar-refractivity contribution in [1.82, 2.24) is 25.2 Å². The van der Waals surface area contributed by atoms with Crippen molar-refractivity contribution in [2.75, 3.05) is 5.32 Å². The van der Waals surface area contributed by atoms with E-state index in [-0.39, 0.29) is 5.91 Å². The standard InChI is InChI=1S/C18H14N6OS/c1-24-18(21-22-23-24)12-5-4-6-13(11-12)19-16(25)9-10-17-20-14-7-2-3-8-15(14)26-17/h2-11H,1H3,(H,19,25)/b10-9+. The van der Waals surface area contributed by atoms with Crippen molar-refractivity contribution < 1.29 is 4.79 Å². The van der Waals surface area contributed by atoms with Gasteiger partial charge in [0.05, 0.1) is 10.2 Å². The van der Waals surface area contributed by atoms with Crippen LogP contribution in [0.25, 0.3) is 27.7 Å². The first-order valence-corrected chi connectivity index (χ1v) is 8.68. The molecule has 1 amide bonds. The summed E-state index contributed by atoms with van der Waals surface area (Å²) in [6.45, 7) is 0. The summed E-state index contributed by atoms with van der Waals surface area (Å²) in [5.41, 5.74) is 2.43. The fourth-order valence-corrected chi connectivity index (χ4v) is 3.37. The van der Waals surface area contributed by atoms with E-state index in [0.717, 1.165) is 20.8 Å². The summed E-state index contributed by atoms with van der Waals surface area (Å²) >= 11 is 1.55. The maximum absolute atomic E-state index is 12.2. The van der Waals surface area contributed by atoms with E-state index < -0.39 is 0 Å². The number of hydrogen-bond acceptors (Lipinski definition) is 6. The Balaban J connectivity index is 1.48. The van der Waals surface area contributed by atoms with Crippen molar-refractivity contribution >= 4 is 39.2 Å². The lowest BCUT2D eigenvalue weighted by molar-refractivity contribution is -0.111. The van der Waals surface area contributed by atoms with Gasteiger partial charge < -0.3 is 5.32 Å². The number of hydrogen-bond donors (Lipinski definition) is 1. The molecule has 2 aromatic carbocycles. The molecule has 0 bridgehead atoms. The van der Waals surface area contributed by atoms with Crippen molar-refractivity contribution in [2.45, 2.75) is 0 Å². The highest BCUT2D eigenvalue weighted by molar-refractivity contribution is 7.19. The minimum atomic E-state index is -0.225. The molecular formula is C18H14N6OS. The largest absolute Gasteiger partial charge is 0.322 e. The second kappa shape index (κ2) is 6.85. The predicted octanol–water partition coefficient (Wildman–Crippen LogP) is 3.14. The van der Waals surface area contributed by atoms with Crippen LogP contribution in [0.4, 0.5) is 5.69 Å². The number of fused-ring (bicyclic) bond motifs is 1. The normalized spacial score (nSPS) is 11.3. The van der Waals surface area contributed by atoms with E-state index in [2.05, 4.69) is 25.8 Å². The highest BCUT2D eigenvalue weighted by Gasteiger charge is 2.07. The monoisotopic (exact) mass is 362 g/mol. The summed E-state index contributed by atoms with van der Waals surface area (Å²) in [5, 5.41) is 15.0. The third kappa shape index (κ3) is 3.35. The van der Waals surface area contributed by atoms with E-state index in [4.69, 9.17) is 0 Å². The summed E-state index contributed by atoms with van der Waals surface area (Å²) in [7, 11) is 1.77.